The van der Waals surface area contributed by atoms with Crippen LogP contribution in [0.2, 0.25) is 0 Å². The van der Waals surface area contributed by atoms with Crippen LogP contribution in [0.3, 0.4) is 0 Å². The smallest absolute Gasteiger partial charge is 0.228 e. The number of aliphatic hydroxyl groups excluding tert-OH is 1. The van der Waals surface area contributed by atoms with Gasteiger partial charge >= 0.3 is 0 Å². The predicted octanol–water partition coefficient (Wildman–Crippen LogP) is 2.80. The van der Waals surface area contributed by atoms with E-state index in [1.165, 1.54) is 0 Å². The maximum Gasteiger partial charge on any atom is 0.228 e. The molecular formula is C17H21NO2. The summed E-state index contributed by atoms with van der Waals surface area (Å²) in [7, 11) is 0. The number of nitrogens with one attached hydrogen (secondary N) is 1. The molecule has 1 unspecified atom stereocenters. The molecule has 1 aromatic carbocycles. The first-order chi connectivity index (χ1) is 9.53. The standard InChI is InChI=1S/C17H21NO2/c1-17(2)11-3-6-15(17)16(20)18-14-9-7-13(8-10-14)5-4-12-19/h7-10,15,19H,3,6,11-12H2,1-2H3,(H,18,20). The fourth-order valence-electron chi connectivity index (χ4n) is 2.82. The molecule has 1 amide bonds. The van der Waals surface area contributed by atoms with Crippen molar-refractivity contribution in [3.05, 3.63) is 29.8 Å². The van der Waals surface area contributed by atoms with Crippen molar-refractivity contribution in [1.29, 1.82) is 0 Å². The molecule has 0 heterocycles. The van der Waals surface area contributed by atoms with Crippen molar-refractivity contribution in [2.75, 3.05) is 11.9 Å². The molecule has 1 saturated carbocycles. The van der Waals surface area contributed by atoms with Gasteiger partial charge in [0.25, 0.3) is 0 Å². The number of rotatable bonds is 2. The van der Waals surface area contributed by atoms with E-state index in [0.29, 0.717) is 0 Å². The van der Waals surface area contributed by atoms with Gasteiger partial charge in [-0.1, -0.05) is 32.1 Å². The summed E-state index contributed by atoms with van der Waals surface area (Å²) in [4.78, 5) is 12.3. The summed E-state index contributed by atoms with van der Waals surface area (Å²) in [5.41, 5.74) is 1.72. The highest BCUT2D eigenvalue weighted by Gasteiger charge is 2.39. The van der Waals surface area contributed by atoms with Crippen LogP contribution in [0.5, 0.6) is 0 Å². The minimum absolute atomic E-state index is 0.0938. The maximum atomic E-state index is 12.3. The minimum atomic E-state index is -0.144. The molecule has 3 heteroatoms. The molecule has 0 aliphatic heterocycles. The minimum Gasteiger partial charge on any atom is -0.384 e. The normalized spacial score (nSPS) is 20.1. The van der Waals surface area contributed by atoms with Gasteiger partial charge in [0.2, 0.25) is 5.91 Å². The lowest BCUT2D eigenvalue weighted by atomic mass is 9.81. The molecule has 2 N–H and O–H groups in total. The van der Waals surface area contributed by atoms with E-state index in [2.05, 4.69) is 31.0 Å². The fraction of sp³-hybridized carbons (Fsp3) is 0.471. The number of aliphatic hydroxyl groups is 1. The number of carbonyl (C=O) groups excluding carboxylic acids is 1. The van der Waals surface area contributed by atoms with Crippen molar-refractivity contribution in [1.82, 2.24) is 0 Å². The second-order valence-electron chi connectivity index (χ2n) is 5.96. The largest absolute Gasteiger partial charge is 0.384 e. The third kappa shape index (κ3) is 3.40. The predicted molar refractivity (Wildman–Crippen MR) is 80.2 cm³/mol. The van der Waals surface area contributed by atoms with Crippen molar-refractivity contribution in [2.24, 2.45) is 11.3 Å². The average molecular weight is 271 g/mol. The Morgan fingerprint density at radius 2 is 2.10 bits per heavy atom. The molecule has 0 spiro atoms. The van der Waals surface area contributed by atoms with E-state index in [-0.39, 0.29) is 23.8 Å². The molecule has 0 radical (unpaired) electrons. The molecule has 106 valence electrons. The van der Waals surface area contributed by atoms with Crippen LogP contribution in [-0.4, -0.2) is 17.6 Å². The van der Waals surface area contributed by atoms with Gasteiger partial charge in [-0.05, 0) is 42.5 Å². The number of amides is 1. The van der Waals surface area contributed by atoms with Crippen LogP contribution >= 0.6 is 0 Å². The fourth-order valence-corrected chi connectivity index (χ4v) is 2.82. The highest BCUT2D eigenvalue weighted by molar-refractivity contribution is 5.93. The summed E-state index contributed by atoms with van der Waals surface area (Å²) in [5, 5.41) is 11.6. The zero-order valence-corrected chi connectivity index (χ0v) is 12.1. The van der Waals surface area contributed by atoms with Crippen LogP contribution in [0.4, 0.5) is 5.69 Å². The first kappa shape index (κ1) is 14.6. The lowest BCUT2D eigenvalue weighted by molar-refractivity contribution is -0.122. The Morgan fingerprint density at radius 1 is 1.40 bits per heavy atom. The van der Waals surface area contributed by atoms with Gasteiger partial charge in [0.1, 0.15) is 6.61 Å². The van der Waals surface area contributed by atoms with Crippen LogP contribution in [-0.2, 0) is 4.79 Å². The molecule has 1 aromatic rings. The Balaban J connectivity index is 2.01. The van der Waals surface area contributed by atoms with E-state index in [1.54, 1.807) is 0 Å². The summed E-state index contributed by atoms with van der Waals surface area (Å²) < 4.78 is 0. The van der Waals surface area contributed by atoms with Crippen molar-refractivity contribution in [2.45, 2.75) is 33.1 Å². The maximum absolute atomic E-state index is 12.3. The van der Waals surface area contributed by atoms with E-state index in [4.69, 9.17) is 5.11 Å². The number of anilines is 1. The monoisotopic (exact) mass is 271 g/mol. The second kappa shape index (κ2) is 6.11. The van der Waals surface area contributed by atoms with Gasteiger partial charge in [0.15, 0.2) is 0 Å². The SMILES string of the molecule is CC1(C)CCCC1C(=O)Nc1ccc(C#CCO)cc1. The zero-order chi connectivity index (χ0) is 14.6. The van der Waals surface area contributed by atoms with Crippen LogP contribution < -0.4 is 5.32 Å². The molecule has 0 bridgehead atoms. The Hall–Kier alpha value is -1.79. The molecule has 1 atom stereocenters. The molecule has 1 fully saturated rings. The molecule has 0 aromatic heterocycles. The molecular weight excluding hydrogens is 250 g/mol. The van der Waals surface area contributed by atoms with E-state index in [1.807, 2.05) is 24.3 Å². The summed E-state index contributed by atoms with van der Waals surface area (Å²) >= 11 is 0. The first-order valence-corrected chi connectivity index (χ1v) is 7.03. The summed E-state index contributed by atoms with van der Waals surface area (Å²) in [6.07, 6.45) is 3.21. The second-order valence-corrected chi connectivity index (χ2v) is 5.96. The third-order valence-corrected chi connectivity index (χ3v) is 4.04. The van der Waals surface area contributed by atoms with Gasteiger partial charge in [-0.15, -0.1) is 0 Å². The molecule has 0 saturated heterocycles. The van der Waals surface area contributed by atoms with Gasteiger partial charge in [0, 0.05) is 17.2 Å². The van der Waals surface area contributed by atoms with Gasteiger partial charge in [-0.3, -0.25) is 4.79 Å². The number of hydrogen-bond acceptors (Lipinski definition) is 2. The third-order valence-electron chi connectivity index (χ3n) is 4.04. The zero-order valence-electron chi connectivity index (χ0n) is 12.1. The molecule has 1 aliphatic carbocycles. The molecule has 1 aliphatic rings. The van der Waals surface area contributed by atoms with Crippen LogP contribution in [0.25, 0.3) is 0 Å². The Labute approximate surface area is 120 Å². The van der Waals surface area contributed by atoms with E-state index in [9.17, 15) is 4.79 Å². The molecule has 20 heavy (non-hydrogen) atoms. The number of hydrogen-bond donors (Lipinski definition) is 2. The van der Waals surface area contributed by atoms with Crippen LogP contribution in [0, 0.1) is 23.2 Å². The molecule has 2 rings (SSSR count). The Morgan fingerprint density at radius 3 is 2.65 bits per heavy atom. The van der Waals surface area contributed by atoms with E-state index in [0.717, 1.165) is 30.5 Å². The highest BCUT2D eigenvalue weighted by atomic mass is 16.2. The Kier molecular flexibility index (Phi) is 4.46. The van der Waals surface area contributed by atoms with Gasteiger partial charge in [0.05, 0.1) is 0 Å². The highest BCUT2D eigenvalue weighted by Crippen LogP contribution is 2.42. The van der Waals surface area contributed by atoms with Gasteiger partial charge < -0.3 is 10.4 Å². The number of carbonyl (C=O) groups is 1. The quantitative estimate of drug-likeness (QED) is 0.813. The average Bonchev–Trinajstić information content (AvgIpc) is 2.77. The van der Waals surface area contributed by atoms with Gasteiger partial charge in [-0.25, -0.2) is 0 Å². The summed E-state index contributed by atoms with van der Waals surface area (Å²) in [5.74, 6) is 5.64. The van der Waals surface area contributed by atoms with E-state index >= 15 is 0 Å². The molecule has 3 nitrogen and oxygen atoms in total. The topological polar surface area (TPSA) is 49.3 Å². The van der Waals surface area contributed by atoms with Crippen molar-refractivity contribution in [3.63, 3.8) is 0 Å². The number of benzene rings is 1. The van der Waals surface area contributed by atoms with Crippen LogP contribution in [0.15, 0.2) is 24.3 Å². The van der Waals surface area contributed by atoms with Crippen molar-refractivity contribution < 1.29 is 9.90 Å². The van der Waals surface area contributed by atoms with Crippen LogP contribution in [0.1, 0.15) is 38.7 Å². The van der Waals surface area contributed by atoms with Crippen molar-refractivity contribution in [3.8, 4) is 11.8 Å². The summed E-state index contributed by atoms with van der Waals surface area (Å²) in [6, 6.07) is 7.39. The Bertz CT molecular complexity index is 534. The summed E-state index contributed by atoms with van der Waals surface area (Å²) in [6.45, 7) is 4.19. The van der Waals surface area contributed by atoms with E-state index < -0.39 is 0 Å². The lowest BCUT2D eigenvalue weighted by Crippen LogP contribution is -2.30. The first-order valence-electron chi connectivity index (χ1n) is 7.03. The lowest BCUT2D eigenvalue weighted by Gasteiger charge is -2.25. The van der Waals surface area contributed by atoms with Crippen molar-refractivity contribution >= 4 is 11.6 Å². The van der Waals surface area contributed by atoms with Gasteiger partial charge in [-0.2, -0.15) is 0 Å².